The third-order valence-electron chi connectivity index (χ3n) is 4.06. The average Bonchev–Trinajstić information content (AvgIpc) is 2.60. The predicted molar refractivity (Wildman–Crippen MR) is 102 cm³/mol. The summed E-state index contributed by atoms with van der Waals surface area (Å²) in [4.78, 5) is 23.0. The van der Waals surface area contributed by atoms with Crippen LogP contribution in [-0.4, -0.2) is 26.5 Å². The van der Waals surface area contributed by atoms with Gasteiger partial charge in [0.1, 0.15) is 11.6 Å². The summed E-state index contributed by atoms with van der Waals surface area (Å²) < 4.78 is 1.61. The molecule has 1 aliphatic rings. The van der Waals surface area contributed by atoms with Gasteiger partial charge in [0.25, 0.3) is 5.56 Å². The van der Waals surface area contributed by atoms with E-state index in [0.29, 0.717) is 17.4 Å². The molecule has 0 aromatic carbocycles. The van der Waals surface area contributed by atoms with E-state index in [1.54, 1.807) is 34.3 Å². The summed E-state index contributed by atoms with van der Waals surface area (Å²) in [5.41, 5.74) is 1.94. The molecule has 0 fully saturated rings. The highest BCUT2D eigenvalue weighted by atomic mass is 32.2. The smallest absolute Gasteiger partial charge is 0.272 e. The van der Waals surface area contributed by atoms with Crippen molar-refractivity contribution in [3.8, 4) is 17.3 Å². The fourth-order valence-corrected chi connectivity index (χ4v) is 4.57. The van der Waals surface area contributed by atoms with Crippen LogP contribution in [0.5, 0.6) is 0 Å². The lowest BCUT2D eigenvalue weighted by Gasteiger charge is -2.22. The lowest BCUT2D eigenvalue weighted by atomic mass is 9.91. The van der Waals surface area contributed by atoms with Gasteiger partial charge in [-0.15, -0.1) is 11.8 Å². The minimum absolute atomic E-state index is 0.0758. The van der Waals surface area contributed by atoms with Gasteiger partial charge >= 0.3 is 0 Å². The van der Waals surface area contributed by atoms with Crippen LogP contribution >= 0.6 is 23.5 Å². The number of nitrogens with zero attached hydrogens (tertiary/aromatic N) is 4. The molecule has 5 nitrogen and oxygen atoms in total. The summed E-state index contributed by atoms with van der Waals surface area (Å²) in [6.07, 6.45) is 4.65. The lowest BCUT2D eigenvalue weighted by molar-refractivity contribution is 0.554. The Bertz CT molecular complexity index is 922. The number of thioether (sulfide) groups is 2. The first-order chi connectivity index (χ1) is 11.9. The zero-order valence-corrected chi connectivity index (χ0v) is 16.4. The molecule has 2 aromatic heterocycles. The molecule has 3 heterocycles. The molecule has 0 radical (unpaired) electrons. The molecule has 2 aromatic rings. The third kappa shape index (κ3) is 3.33. The van der Waals surface area contributed by atoms with Crippen LogP contribution in [0.3, 0.4) is 0 Å². The van der Waals surface area contributed by atoms with Crippen LogP contribution in [0.1, 0.15) is 38.4 Å². The highest BCUT2D eigenvalue weighted by molar-refractivity contribution is 7.99. The Balaban J connectivity index is 2.22. The van der Waals surface area contributed by atoms with E-state index in [-0.39, 0.29) is 16.5 Å². The molecule has 0 unspecified atom stereocenters. The topological polar surface area (TPSA) is 71.6 Å². The molecule has 0 N–H and O–H groups in total. The highest BCUT2D eigenvalue weighted by Crippen LogP contribution is 2.33. The van der Waals surface area contributed by atoms with Gasteiger partial charge in [-0.25, -0.2) is 4.98 Å². The molecular formula is C18H20N4OS2. The summed E-state index contributed by atoms with van der Waals surface area (Å²) in [6.45, 7) is 6.99. The van der Waals surface area contributed by atoms with Gasteiger partial charge in [0.2, 0.25) is 0 Å². The van der Waals surface area contributed by atoms with Crippen LogP contribution in [0.2, 0.25) is 0 Å². The van der Waals surface area contributed by atoms with Gasteiger partial charge in [-0.1, -0.05) is 32.5 Å². The second-order valence-electron chi connectivity index (χ2n) is 6.91. The Morgan fingerprint density at radius 1 is 1.40 bits per heavy atom. The third-order valence-corrected chi connectivity index (χ3v) is 5.87. The van der Waals surface area contributed by atoms with Crippen LogP contribution in [0.4, 0.5) is 0 Å². The first-order valence-electron chi connectivity index (χ1n) is 8.09. The van der Waals surface area contributed by atoms with Gasteiger partial charge in [-0.2, -0.15) is 5.26 Å². The van der Waals surface area contributed by atoms with Crippen LogP contribution in [0.25, 0.3) is 11.3 Å². The number of pyridine rings is 1. The second-order valence-corrected chi connectivity index (χ2v) is 8.82. The number of fused-ring (bicyclic) bond motifs is 1. The number of nitriles is 1. The quantitative estimate of drug-likeness (QED) is 0.591. The summed E-state index contributed by atoms with van der Waals surface area (Å²) in [7, 11) is 0. The van der Waals surface area contributed by atoms with Gasteiger partial charge in [0, 0.05) is 34.4 Å². The molecule has 0 saturated heterocycles. The molecule has 130 valence electrons. The van der Waals surface area contributed by atoms with Crippen LogP contribution in [0.15, 0.2) is 27.1 Å². The maximum atomic E-state index is 12.7. The second kappa shape index (κ2) is 6.85. The SMILES string of the molecule is CSc1cc(-c2nc3n(c(=O)c2C#N)CCCS3)cnc1C(C)(C)C. The highest BCUT2D eigenvalue weighted by Gasteiger charge is 2.23. The fraction of sp³-hybridized carbons (Fsp3) is 0.444. The average molecular weight is 373 g/mol. The van der Waals surface area contributed by atoms with E-state index >= 15 is 0 Å². The molecule has 25 heavy (non-hydrogen) atoms. The summed E-state index contributed by atoms with van der Waals surface area (Å²) in [5, 5.41) is 10.2. The number of aromatic nitrogens is 3. The van der Waals surface area contributed by atoms with E-state index < -0.39 is 0 Å². The molecule has 0 spiro atoms. The van der Waals surface area contributed by atoms with Gasteiger partial charge in [-0.05, 0) is 18.7 Å². The first-order valence-corrected chi connectivity index (χ1v) is 10.3. The first kappa shape index (κ1) is 18.0. The van der Waals surface area contributed by atoms with Crippen molar-refractivity contribution in [1.82, 2.24) is 14.5 Å². The van der Waals surface area contributed by atoms with Gasteiger partial charge in [0.05, 0.1) is 11.4 Å². The lowest BCUT2D eigenvalue weighted by Crippen LogP contribution is -2.29. The number of rotatable bonds is 2. The molecule has 0 amide bonds. The maximum Gasteiger partial charge on any atom is 0.272 e. The Hall–Kier alpha value is -1.78. The van der Waals surface area contributed by atoms with Crippen molar-refractivity contribution in [3.63, 3.8) is 0 Å². The van der Waals surface area contributed by atoms with Crippen molar-refractivity contribution in [1.29, 1.82) is 5.26 Å². The Labute approximate surface area is 155 Å². The van der Waals surface area contributed by atoms with E-state index in [4.69, 9.17) is 0 Å². The molecule has 0 aliphatic carbocycles. The standard InChI is InChI=1S/C18H20N4OS2/c1-18(2,3)15-13(24-4)8-11(10-20-15)14-12(9-19)16(23)22-6-5-7-25-17(22)21-14/h8,10H,5-7H2,1-4H3. The van der Waals surface area contributed by atoms with Gasteiger partial charge < -0.3 is 0 Å². The van der Waals surface area contributed by atoms with Crippen molar-refractivity contribution in [3.05, 3.63) is 33.9 Å². The molecule has 0 saturated carbocycles. The zero-order chi connectivity index (χ0) is 18.2. The van der Waals surface area contributed by atoms with E-state index in [1.807, 2.05) is 12.3 Å². The van der Waals surface area contributed by atoms with E-state index in [2.05, 4.69) is 36.8 Å². The van der Waals surface area contributed by atoms with E-state index in [9.17, 15) is 10.1 Å². The molecule has 3 rings (SSSR count). The molecular weight excluding hydrogens is 352 g/mol. The van der Waals surface area contributed by atoms with Gasteiger partial charge in [-0.3, -0.25) is 14.3 Å². The Morgan fingerprint density at radius 2 is 2.16 bits per heavy atom. The number of hydrogen-bond acceptors (Lipinski definition) is 6. The molecule has 0 bridgehead atoms. The van der Waals surface area contributed by atoms with E-state index in [1.165, 1.54) is 0 Å². The molecule has 7 heteroatoms. The Morgan fingerprint density at radius 3 is 2.80 bits per heavy atom. The predicted octanol–water partition coefficient (Wildman–Crippen LogP) is 3.69. The maximum absolute atomic E-state index is 12.7. The van der Waals surface area contributed by atoms with Gasteiger partial charge in [0.15, 0.2) is 5.16 Å². The minimum atomic E-state index is -0.250. The molecule has 0 atom stereocenters. The van der Waals surface area contributed by atoms with Crippen LogP contribution in [0, 0.1) is 11.3 Å². The normalized spacial score (nSPS) is 14.0. The van der Waals surface area contributed by atoms with Crippen LogP contribution in [-0.2, 0) is 12.0 Å². The van der Waals surface area contributed by atoms with Crippen molar-refractivity contribution < 1.29 is 0 Å². The summed E-state index contributed by atoms with van der Waals surface area (Å²) >= 11 is 3.18. The van der Waals surface area contributed by atoms with Crippen molar-refractivity contribution in [2.75, 3.05) is 12.0 Å². The number of hydrogen-bond donors (Lipinski definition) is 0. The van der Waals surface area contributed by atoms with Crippen LogP contribution < -0.4 is 5.56 Å². The van der Waals surface area contributed by atoms with Crippen molar-refractivity contribution >= 4 is 23.5 Å². The minimum Gasteiger partial charge on any atom is -0.286 e. The summed E-state index contributed by atoms with van der Waals surface area (Å²) in [5.74, 6) is 0.940. The summed E-state index contributed by atoms with van der Waals surface area (Å²) in [6, 6.07) is 4.05. The van der Waals surface area contributed by atoms with Crippen molar-refractivity contribution in [2.24, 2.45) is 0 Å². The Kier molecular flexibility index (Phi) is 4.94. The fourth-order valence-electron chi connectivity index (χ4n) is 2.83. The zero-order valence-electron chi connectivity index (χ0n) is 14.8. The monoisotopic (exact) mass is 372 g/mol. The van der Waals surface area contributed by atoms with Crippen molar-refractivity contribution in [2.45, 2.75) is 49.2 Å². The van der Waals surface area contributed by atoms with E-state index in [0.717, 1.165) is 28.3 Å². The molecule has 1 aliphatic heterocycles. The largest absolute Gasteiger partial charge is 0.286 e.